The first-order valence-corrected chi connectivity index (χ1v) is 7.69. The van der Waals surface area contributed by atoms with Crippen LogP contribution in [0.25, 0.3) is 22.3 Å². The van der Waals surface area contributed by atoms with Crippen molar-refractivity contribution in [3.63, 3.8) is 0 Å². The number of fused-ring (bicyclic) bond motifs is 1. The number of benzene rings is 2. The Morgan fingerprint density at radius 2 is 1.68 bits per heavy atom. The van der Waals surface area contributed by atoms with Gasteiger partial charge in [0.15, 0.2) is 5.69 Å². The first kappa shape index (κ1) is 14.7. The average Bonchev–Trinajstić information content (AvgIpc) is 2.54. The van der Waals surface area contributed by atoms with Gasteiger partial charge in [-0.2, -0.15) is 0 Å². The van der Waals surface area contributed by atoms with Gasteiger partial charge in [0.05, 0.1) is 17.6 Å². The normalized spacial score (nSPS) is 10.6. The maximum Gasteiger partial charge on any atom is 0.359 e. The van der Waals surface area contributed by atoms with Crippen LogP contribution in [0.2, 0.25) is 0 Å². The van der Waals surface area contributed by atoms with E-state index < -0.39 is 5.97 Å². The second kappa shape index (κ2) is 6.23. The fourth-order valence-electron chi connectivity index (χ4n) is 2.18. The average molecular weight is 357 g/mol. The quantitative estimate of drug-likeness (QED) is 0.658. The number of esters is 1. The largest absolute Gasteiger partial charge is 0.461 e. The molecule has 0 aliphatic rings. The van der Waals surface area contributed by atoms with E-state index in [1.165, 1.54) is 0 Å². The van der Waals surface area contributed by atoms with Crippen molar-refractivity contribution in [1.82, 2.24) is 9.97 Å². The van der Waals surface area contributed by atoms with Gasteiger partial charge in [0.1, 0.15) is 5.69 Å². The van der Waals surface area contributed by atoms with Crippen LogP contribution < -0.4 is 0 Å². The van der Waals surface area contributed by atoms with Crippen LogP contribution in [0.15, 0.2) is 53.0 Å². The molecule has 0 atom stereocenters. The van der Waals surface area contributed by atoms with Crippen LogP contribution in [0.5, 0.6) is 0 Å². The van der Waals surface area contributed by atoms with Gasteiger partial charge >= 0.3 is 5.97 Å². The second-order valence-corrected chi connectivity index (χ2v) is 5.46. The summed E-state index contributed by atoms with van der Waals surface area (Å²) in [6.07, 6.45) is 0. The highest BCUT2D eigenvalue weighted by Crippen LogP contribution is 2.30. The summed E-state index contributed by atoms with van der Waals surface area (Å²) in [5.41, 5.74) is 2.96. The van der Waals surface area contributed by atoms with Gasteiger partial charge in [0.25, 0.3) is 0 Å². The van der Waals surface area contributed by atoms with E-state index in [9.17, 15) is 4.79 Å². The van der Waals surface area contributed by atoms with Crippen LogP contribution in [0.3, 0.4) is 0 Å². The highest BCUT2D eigenvalue weighted by Gasteiger charge is 2.20. The minimum absolute atomic E-state index is 0.229. The second-order valence-electron chi connectivity index (χ2n) is 4.61. The molecule has 0 radical (unpaired) electrons. The predicted molar refractivity (Wildman–Crippen MR) is 88.6 cm³/mol. The molecule has 0 aliphatic heterocycles. The number of rotatable bonds is 3. The number of halogens is 1. The molecule has 0 spiro atoms. The summed E-state index contributed by atoms with van der Waals surface area (Å²) in [5.74, 6) is -0.466. The standard InChI is InChI=1S/C17H13BrN2O2/c1-2-22-17(21)16-15(11-7-3-4-8-12(11)18)19-13-9-5-6-10-14(13)20-16/h3-10H,2H2,1H3. The number of hydrogen-bond acceptors (Lipinski definition) is 4. The van der Waals surface area contributed by atoms with Crippen LogP contribution in [-0.4, -0.2) is 22.5 Å². The molecule has 0 bridgehead atoms. The van der Waals surface area contributed by atoms with Crippen molar-refractivity contribution in [2.24, 2.45) is 0 Å². The lowest BCUT2D eigenvalue weighted by Crippen LogP contribution is -2.11. The summed E-state index contributed by atoms with van der Waals surface area (Å²) in [7, 11) is 0. The fraction of sp³-hybridized carbons (Fsp3) is 0.118. The van der Waals surface area contributed by atoms with Gasteiger partial charge in [0, 0.05) is 10.0 Å². The van der Waals surface area contributed by atoms with Crippen molar-refractivity contribution >= 4 is 32.9 Å². The minimum atomic E-state index is -0.466. The number of para-hydroxylation sites is 2. The first-order chi connectivity index (χ1) is 10.7. The molecule has 3 aromatic rings. The molecule has 1 aromatic heterocycles. The third kappa shape index (κ3) is 2.72. The van der Waals surface area contributed by atoms with Crippen LogP contribution in [0, 0.1) is 0 Å². The Balaban J connectivity index is 2.28. The number of carbonyl (C=O) groups excluding carboxylic acids is 1. The number of aromatic nitrogens is 2. The van der Waals surface area contributed by atoms with E-state index in [1.807, 2.05) is 48.5 Å². The van der Waals surface area contributed by atoms with Gasteiger partial charge < -0.3 is 4.74 Å². The SMILES string of the molecule is CCOC(=O)c1nc2ccccc2nc1-c1ccccc1Br. The zero-order valence-corrected chi connectivity index (χ0v) is 13.5. The molecule has 0 aliphatic carbocycles. The summed E-state index contributed by atoms with van der Waals surface area (Å²) < 4.78 is 5.97. The van der Waals surface area contributed by atoms with Crippen molar-refractivity contribution in [3.05, 3.63) is 58.7 Å². The van der Waals surface area contributed by atoms with Crippen molar-refractivity contribution in [3.8, 4) is 11.3 Å². The summed E-state index contributed by atoms with van der Waals surface area (Å²) in [6, 6.07) is 15.1. The lowest BCUT2D eigenvalue weighted by atomic mass is 10.1. The van der Waals surface area contributed by atoms with Crippen LogP contribution in [-0.2, 0) is 4.74 Å². The highest BCUT2D eigenvalue weighted by molar-refractivity contribution is 9.10. The summed E-state index contributed by atoms with van der Waals surface area (Å²) in [5, 5.41) is 0. The Kier molecular flexibility index (Phi) is 4.15. The van der Waals surface area contributed by atoms with Gasteiger partial charge in [-0.15, -0.1) is 0 Å². The van der Waals surface area contributed by atoms with Crippen molar-refractivity contribution in [2.45, 2.75) is 6.92 Å². The third-order valence-corrected chi connectivity index (χ3v) is 3.86. The molecule has 0 saturated heterocycles. The Morgan fingerprint density at radius 3 is 2.36 bits per heavy atom. The third-order valence-electron chi connectivity index (χ3n) is 3.17. The molecule has 0 fully saturated rings. The number of carbonyl (C=O) groups is 1. The van der Waals surface area contributed by atoms with E-state index >= 15 is 0 Å². The Bertz CT molecular complexity index is 849. The molecule has 2 aromatic carbocycles. The van der Waals surface area contributed by atoms with E-state index in [2.05, 4.69) is 25.9 Å². The first-order valence-electron chi connectivity index (χ1n) is 6.89. The molecule has 4 nitrogen and oxygen atoms in total. The van der Waals surface area contributed by atoms with Crippen molar-refractivity contribution in [1.29, 1.82) is 0 Å². The number of hydrogen-bond donors (Lipinski definition) is 0. The van der Waals surface area contributed by atoms with Gasteiger partial charge in [-0.3, -0.25) is 0 Å². The van der Waals surface area contributed by atoms with Gasteiger partial charge in [-0.1, -0.05) is 46.3 Å². The Labute approximate surface area is 136 Å². The van der Waals surface area contributed by atoms with Crippen molar-refractivity contribution < 1.29 is 9.53 Å². The molecule has 0 N–H and O–H groups in total. The van der Waals surface area contributed by atoms with Gasteiger partial charge in [-0.05, 0) is 25.1 Å². The Hall–Kier alpha value is -2.27. The molecule has 0 saturated carbocycles. The molecule has 3 rings (SSSR count). The summed E-state index contributed by atoms with van der Waals surface area (Å²) >= 11 is 3.50. The lowest BCUT2D eigenvalue weighted by Gasteiger charge is -2.10. The smallest absolute Gasteiger partial charge is 0.359 e. The van der Waals surface area contributed by atoms with Crippen molar-refractivity contribution in [2.75, 3.05) is 6.61 Å². The monoisotopic (exact) mass is 356 g/mol. The molecule has 5 heteroatoms. The van der Waals surface area contributed by atoms with Crippen LogP contribution in [0.1, 0.15) is 17.4 Å². The van der Waals surface area contributed by atoms with Crippen LogP contribution in [0.4, 0.5) is 0 Å². The molecular weight excluding hydrogens is 344 g/mol. The van der Waals surface area contributed by atoms with E-state index in [1.54, 1.807) is 6.92 Å². The number of ether oxygens (including phenoxy) is 1. The molecule has 0 amide bonds. The lowest BCUT2D eigenvalue weighted by molar-refractivity contribution is 0.0520. The summed E-state index contributed by atoms with van der Waals surface area (Å²) in [6.45, 7) is 2.06. The van der Waals surface area contributed by atoms with Crippen LogP contribution >= 0.6 is 15.9 Å². The maximum absolute atomic E-state index is 12.3. The topological polar surface area (TPSA) is 52.1 Å². The zero-order chi connectivity index (χ0) is 15.5. The molecule has 22 heavy (non-hydrogen) atoms. The molecule has 0 unspecified atom stereocenters. The predicted octanol–water partition coefficient (Wildman–Crippen LogP) is 4.24. The minimum Gasteiger partial charge on any atom is -0.461 e. The molecule has 110 valence electrons. The Morgan fingerprint density at radius 1 is 1.05 bits per heavy atom. The van der Waals surface area contributed by atoms with Gasteiger partial charge in [0.2, 0.25) is 0 Å². The zero-order valence-electron chi connectivity index (χ0n) is 11.9. The van der Waals surface area contributed by atoms with E-state index in [4.69, 9.17) is 4.74 Å². The molecular formula is C17H13BrN2O2. The summed E-state index contributed by atoms with van der Waals surface area (Å²) in [4.78, 5) is 21.3. The molecule has 1 heterocycles. The fourth-order valence-corrected chi connectivity index (χ4v) is 2.66. The highest BCUT2D eigenvalue weighted by atomic mass is 79.9. The van der Waals surface area contributed by atoms with E-state index in [-0.39, 0.29) is 5.69 Å². The van der Waals surface area contributed by atoms with E-state index in [0.717, 1.165) is 15.6 Å². The van der Waals surface area contributed by atoms with E-state index in [0.29, 0.717) is 17.8 Å². The van der Waals surface area contributed by atoms with Gasteiger partial charge in [-0.25, -0.2) is 14.8 Å². The number of nitrogens with zero attached hydrogens (tertiary/aromatic N) is 2. The maximum atomic E-state index is 12.3.